The topological polar surface area (TPSA) is 46.0 Å². The van der Waals surface area contributed by atoms with E-state index in [1.165, 1.54) is 32.2 Å². The Bertz CT molecular complexity index is 433. The molecule has 0 radical (unpaired) electrons. The molecule has 0 aromatic carbocycles. The van der Waals surface area contributed by atoms with Crippen LogP contribution in [0.1, 0.15) is 45.4 Å². The van der Waals surface area contributed by atoms with E-state index in [4.69, 9.17) is 0 Å². The van der Waals surface area contributed by atoms with Gasteiger partial charge in [-0.2, -0.15) is 0 Å². The average Bonchev–Trinajstić information content (AvgIpc) is 3.20. The fraction of sp³-hybridized carbons (Fsp3) is 0.867. The van der Waals surface area contributed by atoms with Crippen molar-refractivity contribution in [1.29, 1.82) is 0 Å². The minimum Gasteiger partial charge on any atom is -0.315 e. The standard InChI is InChI=1S/C15H27N5/c1-3-15(4-2,10-16-13-5-6-13)11-19-7-8-20-12-17-18-14(20)9-19/h12-13,16H,3-11H2,1-2H3. The SMILES string of the molecule is CCC(CC)(CNC1CC1)CN1CCn2cnnc2C1. The number of fused-ring (bicyclic) bond motifs is 1. The van der Waals surface area contributed by atoms with Crippen molar-refractivity contribution in [2.24, 2.45) is 5.41 Å². The monoisotopic (exact) mass is 277 g/mol. The Balaban J connectivity index is 1.60. The van der Waals surface area contributed by atoms with E-state index in [0.717, 1.165) is 38.0 Å². The van der Waals surface area contributed by atoms with Gasteiger partial charge in [0.25, 0.3) is 0 Å². The molecule has 1 aromatic rings. The van der Waals surface area contributed by atoms with E-state index in [2.05, 4.69) is 38.8 Å². The zero-order valence-electron chi connectivity index (χ0n) is 12.8. The Morgan fingerprint density at radius 1 is 1.30 bits per heavy atom. The molecule has 1 aliphatic carbocycles. The Morgan fingerprint density at radius 3 is 2.80 bits per heavy atom. The largest absolute Gasteiger partial charge is 0.315 e. The van der Waals surface area contributed by atoms with Crippen LogP contribution in [-0.2, 0) is 13.1 Å². The predicted molar refractivity (Wildman–Crippen MR) is 79.3 cm³/mol. The van der Waals surface area contributed by atoms with Crippen LogP contribution < -0.4 is 5.32 Å². The summed E-state index contributed by atoms with van der Waals surface area (Å²) < 4.78 is 2.18. The second-order valence-electron chi connectivity index (χ2n) is 6.51. The van der Waals surface area contributed by atoms with Gasteiger partial charge in [-0.05, 0) is 31.1 Å². The number of aromatic nitrogens is 3. The molecule has 1 N–H and O–H groups in total. The van der Waals surface area contributed by atoms with E-state index in [9.17, 15) is 0 Å². The molecule has 2 aliphatic rings. The number of rotatable bonds is 7. The minimum absolute atomic E-state index is 0.408. The van der Waals surface area contributed by atoms with Gasteiger partial charge in [-0.25, -0.2) is 0 Å². The maximum Gasteiger partial charge on any atom is 0.147 e. The van der Waals surface area contributed by atoms with E-state index in [1.54, 1.807) is 0 Å². The van der Waals surface area contributed by atoms with Crippen molar-refractivity contribution in [2.75, 3.05) is 19.6 Å². The fourth-order valence-electron chi connectivity index (χ4n) is 3.15. The van der Waals surface area contributed by atoms with E-state index in [-0.39, 0.29) is 0 Å². The third kappa shape index (κ3) is 3.04. The lowest BCUT2D eigenvalue weighted by atomic mass is 9.81. The van der Waals surface area contributed by atoms with Gasteiger partial charge < -0.3 is 9.88 Å². The minimum atomic E-state index is 0.408. The fourth-order valence-corrected chi connectivity index (χ4v) is 3.15. The third-order valence-corrected chi connectivity index (χ3v) is 5.12. The lowest BCUT2D eigenvalue weighted by Gasteiger charge is -2.39. The highest BCUT2D eigenvalue weighted by Crippen LogP contribution is 2.30. The Labute approximate surface area is 121 Å². The second kappa shape index (κ2) is 5.82. The van der Waals surface area contributed by atoms with Gasteiger partial charge in [0.15, 0.2) is 0 Å². The van der Waals surface area contributed by atoms with Crippen LogP contribution in [0.3, 0.4) is 0 Å². The number of nitrogens with zero attached hydrogens (tertiary/aromatic N) is 4. The summed E-state index contributed by atoms with van der Waals surface area (Å²) in [6.07, 6.45) is 7.08. The molecule has 1 aliphatic heterocycles. The lowest BCUT2D eigenvalue weighted by molar-refractivity contribution is 0.110. The Morgan fingerprint density at radius 2 is 2.10 bits per heavy atom. The first-order valence-corrected chi connectivity index (χ1v) is 8.07. The van der Waals surface area contributed by atoms with Gasteiger partial charge in [-0.15, -0.1) is 10.2 Å². The molecule has 0 atom stereocenters. The van der Waals surface area contributed by atoms with Gasteiger partial charge in [0.1, 0.15) is 12.2 Å². The molecule has 2 heterocycles. The van der Waals surface area contributed by atoms with Crippen LogP contribution >= 0.6 is 0 Å². The summed E-state index contributed by atoms with van der Waals surface area (Å²) in [4.78, 5) is 2.56. The van der Waals surface area contributed by atoms with E-state index >= 15 is 0 Å². The zero-order valence-corrected chi connectivity index (χ0v) is 12.8. The van der Waals surface area contributed by atoms with Crippen molar-refractivity contribution >= 4 is 0 Å². The third-order valence-electron chi connectivity index (χ3n) is 5.12. The van der Waals surface area contributed by atoms with Gasteiger partial charge in [-0.3, -0.25) is 4.90 Å². The molecule has 0 spiro atoms. The number of hydrogen-bond acceptors (Lipinski definition) is 4. The highest BCUT2D eigenvalue weighted by atomic mass is 15.3. The molecule has 5 heteroatoms. The van der Waals surface area contributed by atoms with Crippen LogP contribution in [0.25, 0.3) is 0 Å². The number of nitrogens with one attached hydrogen (secondary N) is 1. The highest BCUT2D eigenvalue weighted by molar-refractivity contribution is 4.93. The summed E-state index contributed by atoms with van der Waals surface area (Å²) in [6, 6.07) is 0.803. The summed E-state index contributed by atoms with van der Waals surface area (Å²) >= 11 is 0. The molecule has 0 saturated heterocycles. The molecule has 5 nitrogen and oxygen atoms in total. The lowest BCUT2D eigenvalue weighted by Crippen LogP contribution is -2.46. The summed E-state index contributed by atoms with van der Waals surface area (Å²) in [6.45, 7) is 10.1. The second-order valence-corrected chi connectivity index (χ2v) is 6.51. The van der Waals surface area contributed by atoms with Crippen molar-refractivity contribution in [2.45, 2.75) is 58.7 Å². The molecule has 3 rings (SSSR count). The summed E-state index contributed by atoms with van der Waals surface area (Å²) in [5.41, 5.74) is 0.408. The van der Waals surface area contributed by atoms with E-state index in [0.29, 0.717) is 5.41 Å². The first-order valence-electron chi connectivity index (χ1n) is 8.07. The molecule has 0 amide bonds. The quantitative estimate of drug-likeness (QED) is 0.823. The molecular weight excluding hydrogens is 250 g/mol. The molecule has 1 aromatic heterocycles. The van der Waals surface area contributed by atoms with Crippen LogP contribution in [0, 0.1) is 5.41 Å². The smallest absolute Gasteiger partial charge is 0.147 e. The van der Waals surface area contributed by atoms with Crippen LogP contribution in [0.15, 0.2) is 6.33 Å². The van der Waals surface area contributed by atoms with Gasteiger partial charge in [-0.1, -0.05) is 13.8 Å². The van der Waals surface area contributed by atoms with Crippen LogP contribution in [0.2, 0.25) is 0 Å². The summed E-state index contributed by atoms with van der Waals surface area (Å²) in [5, 5.41) is 12.0. The molecule has 112 valence electrons. The molecule has 1 fully saturated rings. The summed E-state index contributed by atoms with van der Waals surface area (Å²) in [5.74, 6) is 1.12. The van der Waals surface area contributed by atoms with Crippen molar-refractivity contribution in [3.8, 4) is 0 Å². The van der Waals surface area contributed by atoms with Crippen molar-refractivity contribution < 1.29 is 0 Å². The maximum absolute atomic E-state index is 4.23. The maximum atomic E-state index is 4.23. The van der Waals surface area contributed by atoms with Gasteiger partial charge in [0, 0.05) is 32.2 Å². The normalized spacial score (nSPS) is 20.1. The molecular formula is C15H27N5. The molecule has 0 bridgehead atoms. The van der Waals surface area contributed by atoms with Crippen molar-refractivity contribution in [3.05, 3.63) is 12.2 Å². The average molecular weight is 277 g/mol. The van der Waals surface area contributed by atoms with Crippen molar-refractivity contribution in [1.82, 2.24) is 25.0 Å². The highest BCUT2D eigenvalue weighted by Gasteiger charge is 2.32. The van der Waals surface area contributed by atoms with Gasteiger partial charge in [0.05, 0.1) is 6.54 Å². The zero-order chi connectivity index (χ0) is 14.0. The first kappa shape index (κ1) is 14.0. The van der Waals surface area contributed by atoms with Crippen LogP contribution in [-0.4, -0.2) is 45.3 Å². The van der Waals surface area contributed by atoms with E-state index < -0.39 is 0 Å². The molecule has 1 saturated carbocycles. The Kier molecular flexibility index (Phi) is 4.08. The van der Waals surface area contributed by atoms with Crippen LogP contribution in [0.5, 0.6) is 0 Å². The number of hydrogen-bond donors (Lipinski definition) is 1. The van der Waals surface area contributed by atoms with Crippen molar-refractivity contribution in [3.63, 3.8) is 0 Å². The Hall–Kier alpha value is -0.940. The molecule has 0 unspecified atom stereocenters. The van der Waals surface area contributed by atoms with Gasteiger partial charge in [0.2, 0.25) is 0 Å². The summed E-state index contributed by atoms with van der Waals surface area (Å²) in [7, 11) is 0. The molecule has 20 heavy (non-hydrogen) atoms. The van der Waals surface area contributed by atoms with Gasteiger partial charge >= 0.3 is 0 Å². The predicted octanol–water partition coefficient (Wildman–Crippen LogP) is 1.65. The van der Waals surface area contributed by atoms with Crippen LogP contribution in [0.4, 0.5) is 0 Å². The van der Waals surface area contributed by atoms with E-state index in [1.807, 2.05) is 6.33 Å². The first-order chi connectivity index (χ1) is 9.74.